The maximum atomic E-state index is 7.09. The Labute approximate surface area is 439 Å². The molecule has 8 aromatic rings. The zero-order valence-electron chi connectivity index (χ0n) is 45.2. The number of aromatic nitrogens is 2. The molecule has 5 nitrogen and oxygen atoms in total. The van der Waals surface area contributed by atoms with E-state index in [1.807, 2.05) is 6.20 Å². The Morgan fingerprint density at radius 2 is 1.04 bits per heavy atom. The topological polar surface area (TPSA) is 33.5 Å². The van der Waals surface area contributed by atoms with Crippen LogP contribution < -0.4 is 14.5 Å². The van der Waals surface area contributed by atoms with E-state index >= 15 is 0 Å². The zero-order chi connectivity index (χ0) is 50.5. The first-order chi connectivity index (χ1) is 32.6. The third-order valence-corrected chi connectivity index (χ3v) is 14.4. The van der Waals surface area contributed by atoms with E-state index < -0.39 is 0 Å². The first kappa shape index (κ1) is 51.7. The molecule has 3 heterocycles. The average molecular weight is 1120 g/mol. The molecule has 2 aromatic heterocycles. The Morgan fingerprint density at radius 1 is 0.451 bits per heavy atom. The van der Waals surface area contributed by atoms with Gasteiger partial charge in [-0.2, -0.15) is 6.07 Å². The average Bonchev–Trinajstić information content (AvgIpc) is 3.83. The molecule has 0 aliphatic carbocycles. The first-order valence-corrected chi connectivity index (χ1v) is 25.1. The monoisotopic (exact) mass is 1120 g/mol. The molecule has 0 amide bonds. The Hall–Kier alpha value is -5.64. The van der Waals surface area contributed by atoms with Crippen LogP contribution in [0.25, 0.3) is 27.6 Å². The van der Waals surface area contributed by atoms with Crippen molar-refractivity contribution in [1.29, 1.82) is 0 Å². The van der Waals surface area contributed by atoms with Gasteiger partial charge in [0.15, 0.2) is 0 Å². The first-order valence-electron chi connectivity index (χ1n) is 25.1. The van der Waals surface area contributed by atoms with Crippen LogP contribution >= 0.6 is 0 Å². The third-order valence-electron chi connectivity index (χ3n) is 14.4. The van der Waals surface area contributed by atoms with Gasteiger partial charge in [-0.05, 0) is 114 Å². The number of ether oxygens (including phenoxy) is 1. The number of anilines is 4. The van der Waals surface area contributed by atoms with E-state index in [9.17, 15) is 0 Å². The fraction of sp³-hybridized carbons (Fsp3) is 0.354. The Bertz CT molecular complexity index is 3240. The van der Waals surface area contributed by atoms with Crippen LogP contribution in [0.1, 0.15) is 157 Å². The summed E-state index contributed by atoms with van der Waals surface area (Å²) in [4.78, 5) is 9.67. The molecule has 0 spiro atoms. The van der Waals surface area contributed by atoms with Crippen LogP contribution in [0.5, 0.6) is 11.5 Å². The predicted molar refractivity (Wildman–Crippen MR) is 296 cm³/mol. The van der Waals surface area contributed by atoms with Crippen molar-refractivity contribution in [1.82, 2.24) is 9.55 Å². The number of hydrogen-bond donors (Lipinski definition) is 0. The van der Waals surface area contributed by atoms with Crippen LogP contribution in [0.3, 0.4) is 0 Å². The van der Waals surface area contributed by atoms with Crippen LogP contribution in [-0.2, 0) is 53.6 Å². The van der Waals surface area contributed by atoms with E-state index in [1.165, 1.54) is 38.8 Å². The molecule has 0 radical (unpaired) electrons. The van der Waals surface area contributed by atoms with Gasteiger partial charge in [-0.25, -0.2) is 4.98 Å². The number of hydrogen-bond acceptors (Lipinski definition) is 4. The van der Waals surface area contributed by atoms with E-state index in [2.05, 4.69) is 272 Å². The maximum Gasteiger partial charge on any atom is 0.135 e. The summed E-state index contributed by atoms with van der Waals surface area (Å²) >= 11 is 0. The van der Waals surface area contributed by atoms with Crippen LogP contribution in [0.2, 0.25) is 0 Å². The number of rotatable bonds is 7. The third kappa shape index (κ3) is 10.1. The minimum Gasteiger partial charge on any atom is -0.509 e. The van der Waals surface area contributed by atoms with Gasteiger partial charge in [-0.1, -0.05) is 178 Å². The molecular weight excluding hydrogens is 1050 g/mol. The quantitative estimate of drug-likeness (QED) is 0.149. The molecule has 71 heavy (non-hydrogen) atoms. The van der Waals surface area contributed by atoms with Gasteiger partial charge < -0.3 is 19.1 Å². The summed E-state index contributed by atoms with van der Waals surface area (Å²) in [5, 5.41) is 2.27. The summed E-state index contributed by atoms with van der Waals surface area (Å²) in [5.41, 5.74) is 14.4. The fourth-order valence-electron chi connectivity index (χ4n) is 9.55. The number of benzene rings is 6. The molecule has 372 valence electrons. The van der Waals surface area contributed by atoms with Crippen LogP contribution in [0.4, 0.5) is 22.7 Å². The second kappa shape index (κ2) is 18.1. The second-order valence-corrected chi connectivity index (χ2v) is 25.3. The van der Waals surface area contributed by atoms with Crippen molar-refractivity contribution in [2.45, 2.75) is 150 Å². The number of nitrogens with zero attached hydrogens (tertiary/aromatic N) is 4. The molecule has 0 saturated heterocycles. The van der Waals surface area contributed by atoms with E-state index in [1.54, 1.807) is 0 Å². The van der Waals surface area contributed by atoms with Gasteiger partial charge in [0.2, 0.25) is 0 Å². The van der Waals surface area contributed by atoms with E-state index in [0.717, 1.165) is 50.6 Å². The minimum absolute atomic E-state index is 0. The molecule has 1 aliphatic heterocycles. The second-order valence-electron chi connectivity index (χ2n) is 25.3. The summed E-state index contributed by atoms with van der Waals surface area (Å²) in [6.07, 6.45) is 1.93. The summed E-state index contributed by atoms with van der Waals surface area (Å²) < 4.78 is 9.34. The van der Waals surface area contributed by atoms with Crippen molar-refractivity contribution in [3.8, 4) is 17.3 Å². The van der Waals surface area contributed by atoms with Gasteiger partial charge in [-0.15, -0.1) is 53.6 Å². The van der Waals surface area contributed by atoms with Gasteiger partial charge in [0.1, 0.15) is 5.82 Å². The molecule has 0 saturated carbocycles. The summed E-state index contributed by atoms with van der Waals surface area (Å²) in [6.45, 7) is 41.1. The molecule has 0 atom stereocenters. The van der Waals surface area contributed by atoms with E-state index in [0.29, 0.717) is 11.5 Å². The standard InChI is InChI=1S/C65H73N4O.Pt/c1-60(2,3)43-23-27-55-54(36-43)53-26-25-51(40-57(53)69(55)59-38-45(29-30-66-59)62(7,8)9)70-52-35-48(65(16,17)42-21-19-18-20-22-42)34-50(39-52)68-41-67(56-28-24-44(37-58(56)68)61(4,5)6)49-32-46(63(10,11)12)31-47(33-49)64(13,14)15;/h18-38,41H,1-17H3;/q-3;. The normalized spacial score (nSPS) is 13.8. The smallest absolute Gasteiger partial charge is 0.135 e. The SMILES string of the molecule is CC(C)(C)c1cc(N2[CH-]N(c3[c-]c(Oc4[c-]c5c(cc4)c4cc(C(C)(C)C)ccc4n5-c4cc(C(C)(C)C)ccn4)cc(C(C)(C)c4ccccc4)c3)c3cc(C(C)(C)C)ccc32)cc(C(C)(C)C)c1.[Pt]. The largest absolute Gasteiger partial charge is 0.509 e. The molecule has 6 aromatic carbocycles. The van der Waals surface area contributed by atoms with E-state index in [4.69, 9.17) is 9.72 Å². The van der Waals surface area contributed by atoms with Crippen LogP contribution in [0, 0.1) is 18.8 Å². The van der Waals surface area contributed by atoms with Crippen molar-refractivity contribution in [3.63, 3.8) is 0 Å². The molecule has 0 fully saturated rings. The van der Waals surface area contributed by atoms with Crippen LogP contribution in [0.15, 0.2) is 128 Å². The Kier molecular flexibility index (Phi) is 13.2. The molecular formula is C65H73N4OPt-3. The van der Waals surface area contributed by atoms with Gasteiger partial charge >= 0.3 is 0 Å². The summed E-state index contributed by atoms with van der Waals surface area (Å²) in [5.74, 6) is 2.07. The fourth-order valence-corrected chi connectivity index (χ4v) is 9.55. The molecule has 6 heteroatoms. The molecule has 0 N–H and O–H groups in total. The minimum atomic E-state index is -0.379. The van der Waals surface area contributed by atoms with Crippen molar-refractivity contribution >= 4 is 44.6 Å². The van der Waals surface area contributed by atoms with Crippen molar-refractivity contribution in [2.75, 3.05) is 9.80 Å². The summed E-state index contributed by atoms with van der Waals surface area (Å²) in [7, 11) is 0. The zero-order valence-corrected chi connectivity index (χ0v) is 47.5. The molecule has 0 unspecified atom stereocenters. The molecule has 1 aliphatic rings. The van der Waals surface area contributed by atoms with Gasteiger partial charge in [0.25, 0.3) is 0 Å². The van der Waals surface area contributed by atoms with Crippen molar-refractivity contribution in [2.24, 2.45) is 0 Å². The number of pyridine rings is 1. The number of fused-ring (bicyclic) bond motifs is 4. The van der Waals surface area contributed by atoms with E-state index in [-0.39, 0.29) is 53.6 Å². The molecule has 9 rings (SSSR count). The summed E-state index contributed by atoms with van der Waals surface area (Å²) in [6, 6.07) is 52.3. The Balaban J connectivity index is 0.00000676. The van der Waals surface area contributed by atoms with Gasteiger partial charge in [0.05, 0.1) is 0 Å². The van der Waals surface area contributed by atoms with Crippen molar-refractivity contribution < 1.29 is 25.8 Å². The molecule has 0 bridgehead atoms. The van der Waals surface area contributed by atoms with Crippen LogP contribution in [-0.4, -0.2) is 9.55 Å². The maximum absolute atomic E-state index is 7.09. The van der Waals surface area contributed by atoms with Gasteiger partial charge in [0, 0.05) is 61.3 Å². The van der Waals surface area contributed by atoms with Gasteiger partial charge in [-0.3, -0.25) is 0 Å². The Morgan fingerprint density at radius 3 is 1.66 bits per heavy atom. The van der Waals surface area contributed by atoms with Crippen molar-refractivity contribution in [3.05, 3.63) is 185 Å². The predicted octanol–water partition coefficient (Wildman–Crippen LogP) is 17.8.